The lowest BCUT2D eigenvalue weighted by molar-refractivity contribution is -0.133. The molecule has 2 aromatic rings. The summed E-state index contributed by atoms with van der Waals surface area (Å²) in [5, 5.41) is 0. The highest BCUT2D eigenvalue weighted by atomic mass is 16.5. The Morgan fingerprint density at radius 1 is 0.969 bits per heavy atom. The minimum atomic E-state index is -0.155. The van der Waals surface area contributed by atoms with Crippen LogP contribution in [0.25, 0.3) is 0 Å². The maximum Gasteiger partial charge on any atom is 0.319 e. The highest BCUT2D eigenvalue weighted by molar-refractivity contribution is 5.84. The topological polar surface area (TPSA) is 69.5 Å². The van der Waals surface area contributed by atoms with Crippen molar-refractivity contribution in [1.29, 1.82) is 0 Å². The number of hydrogen-bond donors (Lipinski definition) is 0. The van der Waals surface area contributed by atoms with E-state index in [1.807, 2.05) is 42.5 Å². The molecule has 1 aromatic carbocycles. The molecular weight excluding hydrogens is 408 g/mol. The maximum absolute atomic E-state index is 13.3. The highest BCUT2D eigenvalue weighted by Crippen LogP contribution is 2.12. The van der Waals surface area contributed by atoms with Crippen LogP contribution >= 0.6 is 0 Å². The van der Waals surface area contributed by atoms with E-state index in [0.717, 1.165) is 44.8 Å². The van der Waals surface area contributed by atoms with E-state index in [0.29, 0.717) is 25.4 Å². The van der Waals surface area contributed by atoms with Crippen molar-refractivity contribution in [2.75, 3.05) is 60.0 Å². The molecule has 8 heteroatoms. The summed E-state index contributed by atoms with van der Waals surface area (Å²) in [5.41, 5.74) is 1.03. The average molecular weight is 443 g/mol. The van der Waals surface area contributed by atoms with Crippen LogP contribution in [-0.4, -0.2) is 91.6 Å². The summed E-state index contributed by atoms with van der Waals surface area (Å²) in [6, 6.07) is 13.4. The van der Waals surface area contributed by atoms with Crippen LogP contribution in [0.4, 0.5) is 4.79 Å². The predicted octanol–water partition coefficient (Wildman–Crippen LogP) is 2.51. The third kappa shape index (κ3) is 7.39. The lowest BCUT2D eigenvalue weighted by Crippen LogP contribution is -2.47. The Bertz CT molecular complexity index is 820. The van der Waals surface area contributed by atoms with Crippen molar-refractivity contribution in [3.8, 4) is 0 Å². The normalized spacial score (nSPS) is 14.2. The number of carbonyl (C=O) groups is 2. The van der Waals surface area contributed by atoms with Gasteiger partial charge in [-0.05, 0) is 24.1 Å². The minimum absolute atomic E-state index is 0.0354. The lowest BCUT2D eigenvalue weighted by atomic mass is 10.2. The van der Waals surface area contributed by atoms with E-state index < -0.39 is 0 Å². The standard InChI is InChI=1S/C24H34N4O4/c1-25(2)24(30)27(12-7-11-26-13-16-31-17-14-26)20-23(29)28(19-22-10-6-15-32-22)18-21-8-4-3-5-9-21/h3-6,8-10,15H,7,11-14,16-20H2,1-2H3. The zero-order valence-electron chi connectivity index (χ0n) is 19.1. The Hall–Kier alpha value is -2.84. The average Bonchev–Trinajstić information content (AvgIpc) is 3.32. The number of rotatable bonds is 10. The van der Waals surface area contributed by atoms with Crippen LogP contribution in [0.1, 0.15) is 17.7 Å². The molecule has 2 heterocycles. The van der Waals surface area contributed by atoms with Gasteiger partial charge in [-0.15, -0.1) is 0 Å². The van der Waals surface area contributed by atoms with Crippen molar-refractivity contribution in [3.63, 3.8) is 0 Å². The monoisotopic (exact) mass is 442 g/mol. The first-order valence-corrected chi connectivity index (χ1v) is 11.1. The molecular formula is C24H34N4O4. The van der Waals surface area contributed by atoms with Gasteiger partial charge >= 0.3 is 6.03 Å². The number of benzene rings is 1. The largest absolute Gasteiger partial charge is 0.467 e. The van der Waals surface area contributed by atoms with Crippen LogP contribution in [-0.2, 0) is 22.6 Å². The van der Waals surface area contributed by atoms with Gasteiger partial charge in [-0.2, -0.15) is 0 Å². The summed E-state index contributed by atoms with van der Waals surface area (Å²) < 4.78 is 10.9. The number of morpholine rings is 1. The van der Waals surface area contributed by atoms with Crippen LogP contribution in [0, 0.1) is 0 Å². The van der Waals surface area contributed by atoms with Gasteiger partial charge in [0.05, 0.1) is 26.0 Å². The fourth-order valence-corrected chi connectivity index (χ4v) is 3.73. The van der Waals surface area contributed by atoms with E-state index in [4.69, 9.17) is 9.15 Å². The summed E-state index contributed by atoms with van der Waals surface area (Å²) in [7, 11) is 3.43. The molecule has 0 radical (unpaired) electrons. The number of furan rings is 1. The van der Waals surface area contributed by atoms with Crippen LogP contribution in [0.15, 0.2) is 53.1 Å². The number of carbonyl (C=O) groups excluding carboxylic acids is 2. The van der Waals surface area contributed by atoms with Crippen LogP contribution in [0.5, 0.6) is 0 Å². The molecule has 174 valence electrons. The molecule has 0 unspecified atom stereocenters. The van der Waals surface area contributed by atoms with Crippen molar-refractivity contribution in [2.45, 2.75) is 19.5 Å². The molecule has 8 nitrogen and oxygen atoms in total. The van der Waals surface area contributed by atoms with Crippen LogP contribution < -0.4 is 0 Å². The van der Waals surface area contributed by atoms with Crippen molar-refractivity contribution in [2.24, 2.45) is 0 Å². The Morgan fingerprint density at radius 2 is 1.72 bits per heavy atom. The van der Waals surface area contributed by atoms with Crippen LogP contribution in [0.2, 0.25) is 0 Å². The van der Waals surface area contributed by atoms with E-state index in [-0.39, 0.29) is 18.5 Å². The first-order chi connectivity index (χ1) is 15.5. The Labute approximate surface area is 190 Å². The molecule has 1 aliphatic heterocycles. The maximum atomic E-state index is 13.3. The van der Waals surface area contributed by atoms with E-state index in [2.05, 4.69) is 4.90 Å². The van der Waals surface area contributed by atoms with Gasteiger partial charge in [0.1, 0.15) is 12.3 Å². The van der Waals surface area contributed by atoms with Gasteiger partial charge in [-0.25, -0.2) is 4.79 Å². The third-order valence-corrected chi connectivity index (χ3v) is 5.48. The van der Waals surface area contributed by atoms with E-state index >= 15 is 0 Å². The highest BCUT2D eigenvalue weighted by Gasteiger charge is 2.23. The molecule has 0 aliphatic carbocycles. The summed E-state index contributed by atoms with van der Waals surface area (Å²) in [4.78, 5) is 33.4. The van der Waals surface area contributed by atoms with E-state index in [9.17, 15) is 9.59 Å². The van der Waals surface area contributed by atoms with E-state index in [1.165, 1.54) is 4.90 Å². The van der Waals surface area contributed by atoms with Gasteiger partial charge in [-0.1, -0.05) is 30.3 Å². The summed E-state index contributed by atoms with van der Waals surface area (Å²) in [6.07, 6.45) is 2.41. The van der Waals surface area contributed by atoms with Crippen molar-refractivity contribution < 1.29 is 18.7 Å². The molecule has 0 N–H and O–H groups in total. The lowest BCUT2D eigenvalue weighted by Gasteiger charge is -2.31. The summed E-state index contributed by atoms with van der Waals surface area (Å²) in [5.74, 6) is 0.610. The van der Waals surface area contributed by atoms with Crippen molar-refractivity contribution in [3.05, 3.63) is 60.1 Å². The first-order valence-electron chi connectivity index (χ1n) is 11.1. The SMILES string of the molecule is CN(C)C(=O)N(CCCN1CCOCC1)CC(=O)N(Cc1ccccc1)Cc1ccco1. The zero-order valence-corrected chi connectivity index (χ0v) is 19.1. The molecule has 1 saturated heterocycles. The molecule has 0 saturated carbocycles. The van der Waals surface area contributed by atoms with Crippen molar-refractivity contribution >= 4 is 11.9 Å². The summed E-state index contributed by atoms with van der Waals surface area (Å²) >= 11 is 0. The zero-order chi connectivity index (χ0) is 22.8. The Morgan fingerprint density at radius 3 is 2.38 bits per heavy atom. The minimum Gasteiger partial charge on any atom is -0.467 e. The fourth-order valence-electron chi connectivity index (χ4n) is 3.73. The third-order valence-electron chi connectivity index (χ3n) is 5.48. The molecule has 0 atom stereocenters. The second-order valence-electron chi connectivity index (χ2n) is 8.22. The van der Waals surface area contributed by atoms with E-state index in [1.54, 1.807) is 30.2 Å². The number of hydrogen-bond acceptors (Lipinski definition) is 5. The molecule has 3 amide bonds. The quantitative estimate of drug-likeness (QED) is 0.566. The molecule has 0 bridgehead atoms. The number of nitrogens with zero attached hydrogens (tertiary/aromatic N) is 4. The second-order valence-corrected chi connectivity index (χ2v) is 8.22. The van der Waals surface area contributed by atoms with Gasteiger partial charge in [-0.3, -0.25) is 9.69 Å². The van der Waals surface area contributed by atoms with Gasteiger partial charge in [0, 0.05) is 46.8 Å². The molecule has 0 spiro atoms. The number of amides is 3. The predicted molar refractivity (Wildman–Crippen MR) is 122 cm³/mol. The van der Waals surface area contributed by atoms with Crippen molar-refractivity contribution in [1.82, 2.24) is 19.6 Å². The summed E-state index contributed by atoms with van der Waals surface area (Å²) in [6.45, 7) is 5.59. The van der Waals surface area contributed by atoms with Gasteiger partial charge in [0.2, 0.25) is 5.91 Å². The van der Waals surface area contributed by atoms with Gasteiger partial charge < -0.3 is 23.9 Å². The smallest absolute Gasteiger partial charge is 0.319 e. The molecule has 1 aromatic heterocycles. The van der Waals surface area contributed by atoms with Crippen LogP contribution in [0.3, 0.4) is 0 Å². The Kier molecular flexibility index (Phi) is 9.13. The van der Waals surface area contributed by atoms with Gasteiger partial charge in [0.15, 0.2) is 0 Å². The first kappa shape index (κ1) is 23.8. The van der Waals surface area contributed by atoms with Gasteiger partial charge in [0.25, 0.3) is 0 Å². The number of ether oxygens (including phenoxy) is 1. The molecule has 1 aliphatic rings. The Balaban J connectivity index is 1.64. The second kappa shape index (κ2) is 12.3. The molecule has 1 fully saturated rings. The molecule has 32 heavy (non-hydrogen) atoms. The number of urea groups is 1. The fraction of sp³-hybridized carbons (Fsp3) is 0.500. The molecule has 3 rings (SSSR count).